The zero-order valence-corrected chi connectivity index (χ0v) is 11.6. The Balaban J connectivity index is 2.20. The highest BCUT2D eigenvalue weighted by Crippen LogP contribution is 2.20. The number of anilines is 1. The van der Waals surface area contributed by atoms with E-state index in [1.165, 1.54) is 18.5 Å². The second-order valence-electron chi connectivity index (χ2n) is 4.38. The van der Waals surface area contributed by atoms with Crippen molar-refractivity contribution in [2.75, 3.05) is 11.9 Å². The Morgan fingerprint density at radius 2 is 2.24 bits per heavy atom. The van der Waals surface area contributed by atoms with E-state index >= 15 is 0 Å². The molecule has 106 valence electrons. The highest BCUT2D eigenvalue weighted by Gasteiger charge is 2.11. The third-order valence-corrected chi connectivity index (χ3v) is 2.85. The molecule has 0 saturated carbocycles. The summed E-state index contributed by atoms with van der Waals surface area (Å²) >= 11 is 0. The molecule has 4 N–H and O–H groups in total. The minimum atomic E-state index is -0.390. The van der Waals surface area contributed by atoms with Crippen molar-refractivity contribution in [3.05, 3.63) is 53.3 Å². The average molecular weight is 281 g/mol. The predicted octanol–water partition coefficient (Wildman–Crippen LogP) is 1.66. The maximum atomic E-state index is 12.1. The lowest BCUT2D eigenvalue weighted by Gasteiger charge is -2.09. The van der Waals surface area contributed by atoms with Crippen LogP contribution in [-0.2, 0) is 0 Å². The van der Waals surface area contributed by atoms with Gasteiger partial charge in [0.25, 0.3) is 5.91 Å². The van der Waals surface area contributed by atoms with Crippen LogP contribution in [0.2, 0.25) is 0 Å². The number of carbonyl (C=O) groups excluding carboxylic acids is 1. The molecule has 1 aromatic carbocycles. The van der Waals surface area contributed by atoms with Crippen LogP contribution >= 0.6 is 0 Å². The van der Waals surface area contributed by atoms with E-state index in [0.29, 0.717) is 12.2 Å². The van der Waals surface area contributed by atoms with Gasteiger partial charge in [0.15, 0.2) is 0 Å². The molecular formula is C16H15N3O2. The average Bonchev–Trinajstić information content (AvgIpc) is 2.48. The summed E-state index contributed by atoms with van der Waals surface area (Å²) < 4.78 is 0. The summed E-state index contributed by atoms with van der Waals surface area (Å²) in [6.45, 7) is 2.18. The number of benzene rings is 1. The van der Waals surface area contributed by atoms with E-state index in [-0.39, 0.29) is 11.3 Å². The van der Waals surface area contributed by atoms with Crippen molar-refractivity contribution in [2.45, 2.75) is 6.92 Å². The molecule has 0 aliphatic heterocycles. The minimum Gasteiger partial charge on any atom is -0.505 e. The molecule has 21 heavy (non-hydrogen) atoms. The molecule has 1 amide bonds. The first-order valence-corrected chi connectivity index (χ1v) is 6.35. The van der Waals surface area contributed by atoms with Crippen LogP contribution in [-0.4, -0.2) is 22.5 Å². The molecule has 0 radical (unpaired) electrons. The molecule has 0 fully saturated rings. The quantitative estimate of drug-likeness (QED) is 0.730. The van der Waals surface area contributed by atoms with Crippen LogP contribution in [0, 0.1) is 18.8 Å². The molecule has 0 unspecified atom stereocenters. The Bertz CT molecular complexity index is 730. The number of aromatic nitrogens is 1. The zero-order chi connectivity index (χ0) is 15.2. The fourth-order valence-electron chi connectivity index (χ4n) is 1.80. The summed E-state index contributed by atoms with van der Waals surface area (Å²) in [5, 5.41) is 12.4. The van der Waals surface area contributed by atoms with Crippen LogP contribution in [0.3, 0.4) is 0 Å². The fourth-order valence-corrected chi connectivity index (χ4v) is 1.80. The van der Waals surface area contributed by atoms with Gasteiger partial charge in [-0.2, -0.15) is 0 Å². The number of nitrogens with two attached hydrogens (primary N) is 1. The molecule has 5 nitrogen and oxygen atoms in total. The molecule has 2 rings (SSSR count). The van der Waals surface area contributed by atoms with E-state index in [1.54, 1.807) is 12.1 Å². The predicted molar refractivity (Wildman–Crippen MR) is 81.0 cm³/mol. The van der Waals surface area contributed by atoms with Gasteiger partial charge in [0.1, 0.15) is 5.75 Å². The molecule has 0 atom stereocenters. The largest absolute Gasteiger partial charge is 0.505 e. The number of rotatable bonds is 2. The Morgan fingerprint density at radius 3 is 2.90 bits per heavy atom. The Kier molecular flexibility index (Phi) is 4.54. The lowest BCUT2D eigenvalue weighted by molar-refractivity contribution is 0.102. The molecule has 5 heteroatoms. The first kappa shape index (κ1) is 14.6. The Morgan fingerprint density at radius 1 is 1.43 bits per heavy atom. The molecule has 1 heterocycles. The fraction of sp³-hybridized carbons (Fsp3) is 0.125. The van der Waals surface area contributed by atoms with Gasteiger partial charge in [-0.05, 0) is 36.8 Å². The van der Waals surface area contributed by atoms with Crippen LogP contribution in [0.5, 0.6) is 5.75 Å². The summed E-state index contributed by atoms with van der Waals surface area (Å²) in [6, 6.07) is 6.90. The summed E-state index contributed by atoms with van der Waals surface area (Å²) in [5.41, 5.74) is 7.88. The lowest BCUT2D eigenvalue weighted by atomic mass is 10.1. The van der Waals surface area contributed by atoms with Gasteiger partial charge in [-0.3, -0.25) is 9.78 Å². The molecular weight excluding hydrogens is 266 g/mol. The van der Waals surface area contributed by atoms with Crippen LogP contribution in [0.15, 0.2) is 36.7 Å². The van der Waals surface area contributed by atoms with Crippen molar-refractivity contribution in [1.82, 2.24) is 4.98 Å². The van der Waals surface area contributed by atoms with Crippen LogP contribution in [0.25, 0.3) is 0 Å². The van der Waals surface area contributed by atoms with Gasteiger partial charge in [0.05, 0.1) is 18.3 Å². The number of nitrogens with zero attached hydrogens (tertiary/aromatic N) is 1. The Hall–Kier alpha value is -2.84. The molecule has 2 aromatic rings. The summed E-state index contributed by atoms with van der Waals surface area (Å²) in [7, 11) is 0. The van der Waals surface area contributed by atoms with Gasteiger partial charge in [-0.1, -0.05) is 11.8 Å². The zero-order valence-electron chi connectivity index (χ0n) is 11.6. The number of carbonyl (C=O) groups is 1. The van der Waals surface area contributed by atoms with E-state index < -0.39 is 5.91 Å². The molecule has 0 spiro atoms. The lowest BCUT2D eigenvalue weighted by Crippen LogP contribution is -2.13. The van der Waals surface area contributed by atoms with Gasteiger partial charge in [-0.25, -0.2) is 0 Å². The second-order valence-corrected chi connectivity index (χ2v) is 4.38. The first-order valence-electron chi connectivity index (χ1n) is 6.35. The van der Waals surface area contributed by atoms with E-state index in [0.717, 1.165) is 11.1 Å². The molecule has 0 saturated heterocycles. The summed E-state index contributed by atoms with van der Waals surface area (Å²) in [6.07, 6.45) is 2.68. The normalized spacial score (nSPS) is 9.62. The molecule has 0 bridgehead atoms. The van der Waals surface area contributed by atoms with E-state index in [4.69, 9.17) is 5.73 Å². The van der Waals surface area contributed by atoms with E-state index in [1.807, 2.05) is 13.0 Å². The highest BCUT2D eigenvalue weighted by atomic mass is 16.3. The molecule has 0 aliphatic rings. The molecule has 0 aliphatic carbocycles. The minimum absolute atomic E-state index is 0.155. The second kappa shape index (κ2) is 6.55. The van der Waals surface area contributed by atoms with Crippen molar-refractivity contribution in [3.8, 4) is 17.6 Å². The number of hydrogen-bond acceptors (Lipinski definition) is 4. The Labute approximate surface area is 122 Å². The van der Waals surface area contributed by atoms with Crippen molar-refractivity contribution in [3.63, 3.8) is 0 Å². The molecule has 1 aromatic heterocycles. The summed E-state index contributed by atoms with van der Waals surface area (Å²) in [5.74, 6) is 5.16. The smallest absolute Gasteiger partial charge is 0.259 e. The maximum absolute atomic E-state index is 12.1. The first-order chi connectivity index (χ1) is 10.1. The van der Waals surface area contributed by atoms with Gasteiger partial charge in [-0.15, -0.1) is 0 Å². The number of pyridine rings is 1. The van der Waals surface area contributed by atoms with Crippen molar-refractivity contribution in [1.29, 1.82) is 0 Å². The van der Waals surface area contributed by atoms with Crippen molar-refractivity contribution < 1.29 is 9.90 Å². The van der Waals surface area contributed by atoms with Crippen molar-refractivity contribution in [2.24, 2.45) is 5.73 Å². The third-order valence-electron chi connectivity index (χ3n) is 2.85. The number of aryl methyl sites for hydroxylation is 1. The summed E-state index contributed by atoms with van der Waals surface area (Å²) in [4.78, 5) is 15.8. The van der Waals surface area contributed by atoms with E-state index in [2.05, 4.69) is 22.1 Å². The van der Waals surface area contributed by atoms with Crippen LogP contribution < -0.4 is 11.1 Å². The van der Waals surface area contributed by atoms with Gasteiger partial charge >= 0.3 is 0 Å². The maximum Gasteiger partial charge on any atom is 0.259 e. The van der Waals surface area contributed by atoms with Crippen molar-refractivity contribution >= 4 is 11.6 Å². The third kappa shape index (κ3) is 3.59. The topological polar surface area (TPSA) is 88.2 Å². The van der Waals surface area contributed by atoms with Gasteiger partial charge in [0, 0.05) is 17.4 Å². The monoisotopic (exact) mass is 281 g/mol. The van der Waals surface area contributed by atoms with E-state index in [9.17, 15) is 9.90 Å². The number of amides is 1. The highest BCUT2D eigenvalue weighted by molar-refractivity contribution is 6.06. The SMILES string of the molecule is Cc1cc(C#CCN)ccc1NC(=O)c1ccncc1O. The van der Waals surface area contributed by atoms with Crippen LogP contribution in [0.4, 0.5) is 5.69 Å². The number of aromatic hydroxyl groups is 1. The number of nitrogens with one attached hydrogen (secondary N) is 1. The van der Waals surface area contributed by atoms with Crippen LogP contribution in [0.1, 0.15) is 21.5 Å². The number of hydrogen-bond donors (Lipinski definition) is 3. The standard InChI is InChI=1S/C16H15N3O2/c1-11-9-12(3-2-7-17)4-5-14(11)19-16(21)13-6-8-18-10-15(13)20/h4-6,8-10,20H,7,17H2,1H3,(H,19,21). The van der Waals surface area contributed by atoms with Gasteiger partial charge in [0.2, 0.25) is 0 Å². The van der Waals surface area contributed by atoms with Gasteiger partial charge < -0.3 is 16.2 Å².